The molecule has 198 valence electrons. The van der Waals surface area contributed by atoms with Crippen LogP contribution in [0.4, 0.5) is 0 Å². The molecule has 0 spiro atoms. The quantitative estimate of drug-likeness (QED) is 0.486. The molecule has 1 heterocycles. The highest BCUT2D eigenvalue weighted by Gasteiger charge is 2.66. The maximum absolute atomic E-state index is 12.8. The lowest BCUT2D eigenvalue weighted by molar-refractivity contribution is -0.172. The van der Waals surface area contributed by atoms with Gasteiger partial charge in [0.25, 0.3) is 0 Å². The van der Waals surface area contributed by atoms with E-state index in [-0.39, 0.29) is 27.6 Å². The Balaban J connectivity index is 1.44. The van der Waals surface area contributed by atoms with Gasteiger partial charge in [0.05, 0.1) is 11.7 Å². The van der Waals surface area contributed by atoms with Crippen molar-refractivity contribution in [1.82, 2.24) is 0 Å². The molecule has 5 heteroatoms. The van der Waals surface area contributed by atoms with Crippen molar-refractivity contribution in [1.29, 1.82) is 0 Å². The number of aliphatic hydroxyl groups is 3. The molecule has 5 rings (SSSR count). The number of ketones is 1. The zero-order chi connectivity index (χ0) is 25.8. The number of hydrogen-bond acceptors (Lipinski definition) is 5. The predicted octanol–water partition coefficient (Wildman–Crippen LogP) is 5.02. The fourth-order valence-corrected chi connectivity index (χ4v) is 9.98. The zero-order valence-corrected chi connectivity index (χ0v) is 22.9. The molecule has 0 radical (unpaired) electrons. The molecule has 0 aromatic rings. The highest BCUT2D eigenvalue weighted by molar-refractivity contribution is 5.85. The van der Waals surface area contributed by atoms with Crippen LogP contribution in [0.3, 0.4) is 0 Å². The van der Waals surface area contributed by atoms with Gasteiger partial charge in [-0.15, -0.1) is 0 Å². The van der Waals surface area contributed by atoms with E-state index >= 15 is 0 Å². The first kappa shape index (κ1) is 25.9. The van der Waals surface area contributed by atoms with E-state index in [9.17, 15) is 20.1 Å². The second-order valence-electron chi connectivity index (χ2n) is 14.6. The molecule has 0 aromatic carbocycles. The van der Waals surface area contributed by atoms with Crippen molar-refractivity contribution in [2.24, 2.45) is 45.3 Å². The molecule has 1 saturated heterocycles. The summed E-state index contributed by atoms with van der Waals surface area (Å²) in [4.78, 5) is 12.8. The van der Waals surface area contributed by atoms with Gasteiger partial charge in [0, 0.05) is 17.8 Å². The number of rotatable bonds is 3. The molecule has 0 bridgehead atoms. The Morgan fingerprint density at radius 2 is 1.77 bits per heavy atom. The summed E-state index contributed by atoms with van der Waals surface area (Å²) in [5, 5.41) is 31.9. The lowest BCUT2D eigenvalue weighted by Gasteiger charge is -2.63. The summed E-state index contributed by atoms with van der Waals surface area (Å²) < 4.78 is 5.86. The maximum atomic E-state index is 12.8. The van der Waals surface area contributed by atoms with Crippen LogP contribution in [-0.2, 0) is 9.53 Å². The topological polar surface area (TPSA) is 87.0 Å². The van der Waals surface area contributed by atoms with Crippen molar-refractivity contribution in [2.45, 2.75) is 124 Å². The molecular formula is C30H48O5. The molecule has 10 unspecified atom stereocenters. The summed E-state index contributed by atoms with van der Waals surface area (Å²) >= 11 is 0. The summed E-state index contributed by atoms with van der Waals surface area (Å²) in [6.45, 7) is 14.9. The molecule has 3 saturated carbocycles. The van der Waals surface area contributed by atoms with E-state index in [0.717, 1.165) is 38.5 Å². The van der Waals surface area contributed by atoms with Gasteiger partial charge in [-0.05, 0) is 92.8 Å². The number of ether oxygens (including phenoxy) is 1. The van der Waals surface area contributed by atoms with E-state index in [2.05, 4.69) is 40.7 Å². The third-order valence-electron chi connectivity index (χ3n) is 12.4. The Bertz CT molecular complexity index is 916. The number of fused-ring (bicyclic) bond motifs is 5. The Morgan fingerprint density at radius 3 is 2.43 bits per heavy atom. The first-order valence-corrected chi connectivity index (χ1v) is 14.0. The zero-order valence-electron chi connectivity index (χ0n) is 22.9. The minimum absolute atomic E-state index is 0.0286. The monoisotopic (exact) mass is 488 g/mol. The van der Waals surface area contributed by atoms with Gasteiger partial charge in [-0.3, -0.25) is 4.79 Å². The lowest BCUT2D eigenvalue weighted by atomic mass is 9.41. The van der Waals surface area contributed by atoms with Crippen molar-refractivity contribution >= 4 is 5.78 Å². The summed E-state index contributed by atoms with van der Waals surface area (Å²) in [7, 11) is 0. The molecule has 4 aliphatic carbocycles. The summed E-state index contributed by atoms with van der Waals surface area (Å²) in [6.07, 6.45) is 7.78. The molecule has 3 N–H and O–H groups in total. The number of hydrogen-bond donors (Lipinski definition) is 3. The van der Waals surface area contributed by atoms with Crippen molar-refractivity contribution in [3.05, 3.63) is 11.6 Å². The molecule has 5 nitrogen and oxygen atoms in total. The number of aliphatic hydroxyl groups excluding tert-OH is 2. The highest BCUT2D eigenvalue weighted by atomic mass is 16.6. The van der Waals surface area contributed by atoms with Gasteiger partial charge in [-0.2, -0.15) is 0 Å². The Kier molecular flexibility index (Phi) is 5.83. The van der Waals surface area contributed by atoms with Crippen LogP contribution in [0.25, 0.3) is 0 Å². The van der Waals surface area contributed by atoms with Crippen molar-refractivity contribution < 1.29 is 24.9 Å². The van der Waals surface area contributed by atoms with Crippen molar-refractivity contribution in [2.75, 3.05) is 0 Å². The van der Waals surface area contributed by atoms with E-state index in [1.165, 1.54) is 0 Å². The summed E-state index contributed by atoms with van der Waals surface area (Å²) in [5.41, 5.74) is 0.409. The van der Waals surface area contributed by atoms with Crippen molar-refractivity contribution in [3.8, 4) is 0 Å². The molecule has 5 aliphatic rings. The third kappa shape index (κ3) is 3.43. The van der Waals surface area contributed by atoms with Gasteiger partial charge in [-0.1, -0.05) is 46.3 Å². The summed E-state index contributed by atoms with van der Waals surface area (Å²) in [5.74, 6) is 1.66. The van der Waals surface area contributed by atoms with Crippen LogP contribution in [0, 0.1) is 45.3 Å². The van der Waals surface area contributed by atoms with Crippen molar-refractivity contribution in [3.63, 3.8) is 0 Å². The molecular weight excluding hydrogens is 440 g/mol. The minimum Gasteiger partial charge on any atom is -0.388 e. The van der Waals surface area contributed by atoms with E-state index in [4.69, 9.17) is 4.74 Å². The van der Waals surface area contributed by atoms with Gasteiger partial charge in [0.1, 0.15) is 11.9 Å². The number of carbonyl (C=O) groups is 1. The van der Waals surface area contributed by atoms with Crippen LogP contribution in [0.2, 0.25) is 0 Å². The molecule has 4 fully saturated rings. The second kappa shape index (κ2) is 7.88. The number of carbonyl (C=O) groups excluding carboxylic acids is 1. The molecule has 35 heavy (non-hydrogen) atoms. The van der Waals surface area contributed by atoms with Gasteiger partial charge >= 0.3 is 0 Å². The molecule has 0 aromatic heterocycles. The largest absolute Gasteiger partial charge is 0.388 e. The van der Waals surface area contributed by atoms with Gasteiger partial charge in [0.15, 0.2) is 6.29 Å². The predicted molar refractivity (Wildman–Crippen MR) is 135 cm³/mol. The third-order valence-corrected chi connectivity index (χ3v) is 12.4. The fourth-order valence-electron chi connectivity index (χ4n) is 9.98. The van der Waals surface area contributed by atoms with Crippen LogP contribution < -0.4 is 0 Å². The van der Waals surface area contributed by atoms with E-state index < -0.39 is 24.1 Å². The van der Waals surface area contributed by atoms with E-state index in [1.807, 2.05) is 0 Å². The van der Waals surface area contributed by atoms with Crippen LogP contribution in [-0.4, -0.2) is 45.2 Å². The second-order valence-corrected chi connectivity index (χ2v) is 14.6. The minimum atomic E-state index is -1.26. The van der Waals surface area contributed by atoms with Gasteiger partial charge in [0.2, 0.25) is 0 Å². The van der Waals surface area contributed by atoms with Crippen LogP contribution in [0.5, 0.6) is 0 Å². The van der Waals surface area contributed by atoms with Crippen LogP contribution in [0.15, 0.2) is 11.6 Å². The summed E-state index contributed by atoms with van der Waals surface area (Å²) in [6, 6.07) is 0. The van der Waals surface area contributed by atoms with E-state index in [0.29, 0.717) is 36.4 Å². The van der Waals surface area contributed by atoms with E-state index in [1.54, 1.807) is 19.4 Å². The normalized spacial score (nSPS) is 50.2. The number of Topliss-reactive ketones (excluding diaryl/α,β-unsaturated/α-hetero) is 1. The Hall–Kier alpha value is -0.750. The number of allylic oxidation sites excluding steroid dienone is 2. The first-order valence-electron chi connectivity index (χ1n) is 14.0. The average Bonchev–Trinajstić information content (AvgIpc) is 3.26. The first-order chi connectivity index (χ1) is 16.1. The Labute approximate surface area is 211 Å². The smallest absolute Gasteiger partial charge is 0.158 e. The maximum Gasteiger partial charge on any atom is 0.158 e. The van der Waals surface area contributed by atoms with Gasteiger partial charge < -0.3 is 20.1 Å². The lowest BCUT2D eigenvalue weighted by Crippen LogP contribution is -2.57. The standard InChI is InChI=1S/C30H48O5/c1-26(2)22-9-8-20-19(28(22,5)13-12-23(26)31)11-15-29(6)18(10-14-30(20,29)7)17-16-21(35-25(17)33)24(32)27(3,4)34/h8,17-19,21-22,24-25,32-34H,9-16H2,1-7H3. The Morgan fingerprint density at radius 1 is 1.09 bits per heavy atom. The SMILES string of the molecule is CC(C)(O)C(O)C1CC(C2CCC3(C)C4=CCC5C(C)(C)C(=O)CCC5(C)C4CCC23C)C(O)O1. The molecule has 0 amide bonds. The fraction of sp³-hybridized carbons (Fsp3) is 0.900. The molecule has 1 aliphatic heterocycles. The van der Waals surface area contributed by atoms with Gasteiger partial charge in [-0.25, -0.2) is 0 Å². The van der Waals surface area contributed by atoms with Crippen LogP contribution >= 0.6 is 0 Å². The van der Waals surface area contributed by atoms with Crippen LogP contribution in [0.1, 0.15) is 99.8 Å². The highest BCUT2D eigenvalue weighted by Crippen LogP contribution is 2.73. The molecule has 10 atom stereocenters. The average molecular weight is 489 g/mol.